The van der Waals surface area contributed by atoms with Gasteiger partial charge in [-0.2, -0.15) is 13.2 Å². The van der Waals surface area contributed by atoms with Crippen molar-refractivity contribution in [2.45, 2.75) is 50.7 Å². The van der Waals surface area contributed by atoms with E-state index in [1.807, 2.05) is 22.8 Å². The molecule has 2 aliphatic heterocycles. The average Bonchev–Trinajstić information content (AvgIpc) is 3.75. The van der Waals surface area contributed by atoms with Gasteiger partial charge in [0.15, 0.2) is 23.0 Å². The summed E-state index contributed by atoms with van der Waals surface area (Å²) in [5.74, 6) is -0.876. The second-order valence-corrected chi connectivity index (χ2v) is 12.2. The van der Waals surface area contributed by atoms with Gasteiger partial charge in [0.25, 0.3) is 5.79 Å². The number of imidazole rings is 1. The Kier molecular flexibility index (Phi) is 8.05. The number of rotatable bonds is 8. The zero-order chi connectivity index (χ0) is 32.9. The number of piperidine rings is 1. The van der Waals surface area contributed by atoms with Crippen molar-refractivity contribution in [1.29, 1.82) is 0 Å². The molecule has 47 heavy (non-hydrogen) atoms. The molecule has 3 aromatic heterocycles. The van der Waals surface area contributed by atoms with Crippen LogP contribution in [0.2, 0.25) is 5.02 Å². The Balaban J connectivity index is 1.07. The molecular formula is C32H30ClF4N7O3. The lowest BCUT2D eigenvalue weighted by Gasteiger charge is -2.32. The molecule has 1 fully saturated rings. The molecule has 246 valence electrons. The first-order valence-corrected chi connectivity index (χ1v) is 15.4. The number of para-hydroxylation sites is 1. The number of likely N-dealkylation sites (tertiary alicyclic amines) is 1. The second kappa shape index (κ2) is 12.1. The largest absolute Gasteiger partial charge is 0.451 e. The quantitative estimate of drug-likeness (QED) is 0.182. The molecule has 7 rings (SSSR count). The van der Waals surface area contributed by atoms with Crippen LogP contribution in [0.4, 0.5) is 17.6 Å². The molecule has 0 spiro atoms. The first-order valence-electron chi connectivity index (χ1n) is 15.1. The van der Waals surface area contributed by atoms with E-state index >= 15 is 0 Å². The standard InChI is InChI=1S/C32H30ClF4N7O3/c1-31(22-7-6-20(33)15-23(22)34)46-25-5-3-4-21(27(25)47-31)18-8-10-43(11-9-18)17-26-39-24-14-19(16-38-29(24)44(26)12-13-45-2)28-40-30(42-41-28)32(35,36)37/h3-7,14-16,18H,8-13,17H2,1-2H3,(H,40,41,42). The summed E-state index contributed by atoms with van der Waals surface area (Å²) in [7, 11) is 1.61. The fraction of sp³-hybridized carbons (Fsp3) is 0.375. The van der Waals surface area contributed by atoms with Crippen molar-refractivity contribution in [3.63, 3.8) is 0 Å². The van der Waals surface area contributed by atoms with E-state index in [0.29, 0.717) is 52.9 Å². The number of nitrogens with zero attached hydrogens (tertiary/aromatic N) is 6. The molecule has 2 aliphatic rings. The van der Waals surface area contributed by atoms with E-state index < -0.39 is 23.6 Å². The van der Waals surface area contributed by atoms with E-state index in [1.54, 1.807) is 32.2 Å². The van der Waals surface area contributed by atoms with Crippen molar-refractivity contribution in [2.24, 2.45) is 0 Å². The number of pyridine rings is 1. The number of halogens is 5. The summed E-state index contributed by atoms with van der Waals surface area (Å²) in [6.45, 7) is 4.74. The van der Waals surface area contributed by atoms with Crippen LogP contribution in [0.5, 0.6) is 11.5 Å². The van der Waals surface area contributed by atoms with Crippen molar-refractivity contribution in [1.82, 2.24) is 34.6 Å². The molecule has 0 amide bonds. The zero-order valence-corrected chi connectivity index (χ0v) is 26.2. The topological polar surface area (TPSA) is 103 Å². The highest BCUT2D eigenvalue weighted by molar-refractivity contribution is 6.30. The number of methoxy groups -OCH3 is 1. The van der Waals surface area contributed by atoms with E-state index in [0.717, 1.165) is 37.3 Å². The molecule has 15 heteroatoms. The van der Waals surface area contributed by atoms with Gasteiger partial charge in [0, 0.05) is 42.9 Å². The number of fused-ring (bicyclic) bond motifs is 2. The molecule has 0 saturated carbocycles. The Morgan fingerprint density at radius 2 is 1.91 bits per heavy atom. The van der Waals surface area contributed by atoms with E-state index in [-0.39, 0.29) is 17.3 Å². The van der Waals surface area contributed by atoms with Crippen molar-refractivity contribution in [3.05, 3.63) is 82.3 Å². The van der Waals surface area contributed by atoms with Crippen LogP contribution in [0.15, 0.2) is 48.7 Å². The fourth-order valence-electron chi connectivity index (χ4n) is 6.28. The number of aromatic amines is 1. The third-order valence-corrected chi connectivity index (χ3v) is 8.87. The van der Waals surface area contributed by atoms with E-state index in [4.69, 9.17) is 30.8 Å². The Morgan fingerprint density at radius 1 is 1.11 bits per heavy atom. The number of benzene rings is 2. The highest BCUT2D eigenvalue weighted by Crippen LogP contribution is 2.50. The normalized spacial score (nSPS) is 18.8. The lowest BCUT2D eigenvalue weighted by Crippen LogP contribution is -2.34. The number of aromatic nitrogens is 6. The number of ether oxygens (including phenoxy) is 3. The third-order valence-electron chi connectivity index (χ3n) is 8.64. The lowest BCUT2D eigenvalue weighted by molar-refractivity contribution is -0.144. The van der Waals surface area contributed by atoms with E-state index in [2.05, 4.69) is 25.1 Å². The first-order chi connectivity index (χ1) is 22.5. The van der Waals surface area contributed by atoms with Crippen LogP contribution in [0.3, 0.4) is 0 Å². The van der Waals surface area contributed by atoms with Gasteiger partial charge in [0.05, 0.1) is 18.7 Å². The van der Waals surface area contributed by atoms with Gasteiger partial charge in [-0.3, -0.25) is 4.90 Å². The highest BCUT2D eigenvalue weighted by atomic mass is 35.5. The molecule has 1 atom stereocenters. The summed E-state index contributed by atoms with van der Waals surface area (Å²) in [6, 6.07) is 11.9. The van der Waals surface area contributed by atoms with Crippen LogP contribution < -0.4 is 9.47 Å². The molecule has 5 heterocycles. The van der Waals surface area contributed by atoms with Crippen LogP contribution in [-0.4, -0.2) is 61.4 Å². The summed E-state index contributed by atoms with van der Waals surface area (Å²) in [5, 5.41) is 7.16. The summed E-state index contributed by atoms with van der Waals surface area (Å²) in [5.41, 5.74) is 2.77. The highest BCUT2D eigenvalue weighted by Gasteiger charge is 2.43. The van der Waals surface area contributed by atoms with Crippen molar-refractivity contribution >= 4 is 22.8 Å². The Morgan fingerprint density at radius 3 is 2.64 bits per heavy atom. The predicted molar refractivity (Wildman–Crippen MR) is 163 cm³/mol. The lowest BCUT2D eigenvalue weighted by atomic mass is 9.88. The van der Waals surface area contributed by atoms with Gasteiger partial charge in [-0.05, 0) is 62.2 Å². The van der Waals surface area contributed by atoms with Crippen LogP contribution in [0.1, 0.15) is 48.5 Å². The minimum absolute atomic E-state index is 0.0396. The Labute approximate surface area is 271 Å². The average molecular weight is 672 g/mol. The number of H-pyrrole nitrogens is 1. The molecular weight excluding hydrogens is 642 g/mol. The molecule has 10 nitrogen and oxygen atoms in total. The molecule has 1 saturated heterocycles. The summed E-state index contributed by atoms with van der Waals surface area (Å²) in [6.07, 6.45) is -1.48. The maximum absolute atomic E-state index is 14.8. The molecule has 1 N–H and O–H groups in total. The fourth-order valence-corrected chi connectivity index (χ4v) is 6.44. The maximum atomic E-state index is 14.8. The van der Waals surface area contributed by atoms with Crippen molar-refractivity contribution in [2.75, 3.05) is 26.8 Å². The van der Waals surface area contributed by atoms with Gasteiger partial charge in [0.2, 0.25) is 5.82 Å². The predicted octanol–water partition coefficient (Wildman–Crippen LogP) is 6.70. The van der Waals surface area contributed by atoms with Crippen molar-refractivity contribution < 1.29 is 31.8 Å². The second-order valence-electron chi connectivity index (χ2n) is 11.8. The van der Waals surface area contributed by atoms with Gasteiger partial charge >= 0.3 is 6.18 Å². The van der Waals surface area contributed by atoms with E-state index in [9.17, 15) is 17.6 Å². The molecule has 5 aromatic rings. The number of hydrogen-bond donors (Lipinski definition) is 1. The SMILES string of the molecule is COCCn1c(CN2CCC(c3cccc4c3OC(C)(c3ccc(Cl)cc3F)O4)CC2)nc2cc(-c3nnc(C(F)(F)F)[nH]3)cnc21. The monoisotopic (exact) mass is 671 g/mol. The zero-order valence-electron chi connectivity index (χ0n) is 25.4. The van der Waals surface area contributed by atoms with Crippen molar-refractivity contribution in [3.8, 4) is 22.9 Å². The third kappa shape index (κ3) is 6.01. The van der Waals surface area contributed by atoms with Crippen LogP contribution in [0.25, 0.3) is 22.6 Å². The first kappa shape index (κ1) is 31.3. The van der Waals surface area contributed by atoms with Gasteiger partial charge in [-0.25, -0.2) is 14.4 Å². The number of hydrogen-bond acceptors (Lipinski definition) is 8. The minimum atomic E-state index is -4.64. The summed E-state index contributed by atoms with van der Waals surface area (Å²) < 4.78 is 73.8. The van der Waals surface area contributed by atoms with Crippen LogP contribution >= 0.6 is 11.6 Å². The van der Waals surface area contributed by atoms with E-state index in [1.165, 1.54) is 12.3 Å². The van der Waals surface area contributed by atoms with Gasteiger partial charge in [-0.1, -0.05) is 23.7 Å². The summed E-state index contributed by atoms with van der Waals surface area (Å²) in [4.78, 5) is 13.9. The smallest absolute Gasteiger partial charge is 0.444 e. The van der Waals surface area contributed by atoms with Gasteiger partial charge in [-0.15, -0.1) is 10.2 Å². The minimum Gasteiger partial charge on any atom is -0.444 e. The van der Waals surface area contributed by atoms with Crippen LogP contribution in [0, 0.1) is 5.82 Å². The van der Waals surface area contributed by atoms with Crippen LogP contribution in [-0.2, 0) is 29.8 Å². The molecule has 2 aromatic carbocycles. The Bertz CT molecular complexity index is 1940. The summed E-state index contributed by atoms with van der Waals surface area (Å²) >= 11 is 5.97. The Hall–Kier alpha value is -4.27. The molecule has 0 radical (unpaired) electrons. The number of nitrogens with one attached hydrogen (secondary N) is 1. The molecule has 0 aliphatic carbocycles. The molecule has 0 bridgehead atoms. The van der Waals surface area contributed by atoms with Gasteiger partial charge in [0.1, 0.15) is 17.2 Å². The number of alkyl halides is 3. The maximum Gasteiger partial charge on any atom is 0.451 e. The molecule has 1 unspecified atom stereocenters. The van der Waals surface area contributed by atoms with Gasteiger partial charge < -0.3 is 23.8 Å².